The number of hydrogen-bond donors (Lipinski definition) is 2. The van der Waals surface area contributed by atoms with Gasteiger partial charge in [-0.15, -0.1) is 0 Å². The van der Waals surface area contributed by atoms with Crippen LogP contribution in [0.3, 0.4) is 0 Å². The Kier molecular flexibility index (Phi) is 6.16. The van der Waals surface area contributed by atoms with E-state index in [1.54, 1.807) is 7.11 Å². The van der Waals surface area contributed by atoms with Crippen molar-refractivity contribution in [3.05, 3.63) is 28.3 Å². The lowest BCUT2D eigenvalue weighted by atomic mass is 9.97. The van der Waals surface area contributed by atoms with Crippen molar-refractivity contribution in [1.82, 2.24) is 5.32 Å². The van der Waals surface area contributed by atoms with Crippen LogP contribution in [0.1, 0.15) is 28.7 Å². The van der Waals surface area contributed by atoms with Gasteiger partial charge in [0, 0.05) is 6.61 Å². The highest BCUT2D eigenvalue weighted by molar-refractivity contribution is 5.49. The lowest BCUT2D eigenvalue weighted by molar-refractivity contribution is 0.286. The van der Waals surface area contributed by atoms with Gasteiger partial charge in [0.2, 0.25) is 0 Å². The van der Waals surface area contributed by atoms with Crippen LogP contribution in [0.5, 0.6) is 5.75 Å². The maximum atomic E-state index is 8.72. The molecule has 0 aliphatic heterocycles. The smallest absolute Gasteiger partial charge is 0.125 e. The normalized spacial score (nSPS) is 10.7. The van der Waals surface area contributed by atoms with E-state index < -0.39 is 0 Å². The number of hydrogen-bond acceptors (Lipinski definition) is 3. The number of methoxy groups -OCH3 is 1. The standard InChI is InChI=1S/C15H25NO2/c1-11-10-12(2)14(15(18-4)13(11)3)6-8-16-7-5-9-17/h10,16-17H,5-9H2,1-4H3. The zero-order chi connectivity index (χ0) is 13.5. The van der Waals surface area contributed by atoms with Gasteiger partial charge in [-0.1, -0.05) is 6.07 Å². The summed E-state index contributed by atoms with van der Waals surface area (Å²) in [5.74, 6) is 1.02. The molecule has 0 amide bonds. The number of ether oxygens (including phenoxy) is 1. The summed E-state index contributed by atoms with van der Waals surface area (Å²) >= 11 is 0. The van der Waals surface area contributed by atoms with E-state index in [0.29, 0.717) is 0 Å². The molecule has 0 spiro atoms. The minimum atomic E-state index is 0.249. The average molecular weight is 251 g/mol. The van der Waals surface area contributed by atoms with Gasteiger partial charge < -0.3 is 15.2 Å². The molecule has 1 aromatic rings. The van der Waals surface area contributed by atoms with Crippen molar-refractivity contribution in [3.8, 4) is 5.75 Å². The predicted octanol–water partition coefficient (Wildman–Crippen LogP) is 2.13. The van der Waals surface area contributed by atoms with Gasteiger partial charge in [0.15, 0.2) is 0 Å². The summed E-state index contributed by atoms with van der Waals surface area (Å²) in [4.78, 5) is 0. The Bertz CT molecular complexity index is 389. The highest BCUT2D eigenvalue weighted by Crippen LogP contribution is 2.29. The second-order valence-corrected chi connectivity index (χ2v) is 4.72. The number of rotatable bonds is 7. The highest BCUT2D eigenvalue weighted by Gasteiger charge is 2.11. The molecule has 18 heavy (non-hydrogen) atoms. The van der Waals surface area contributed by atoms with Crippen LogP contribution in [0.2, 0.25) is 0 Å². The minimum Gasteiger partial charge on any atom is -0.496 e. The predicted molar refractivity (Wildman–Crippen MR) is 75.5 cm³/mol. The topological polar surface area (TPSA) is 41.5 Å². The van der Waals surface area contributed by atoms with E-state index in [4.69, 9.17) is 9.84 Å². The third-order valence-electron chi connectivity index (χ3n) is 3.38. The van der Waals surface area contributed by atoms with Crippen LogP contribution in [0.25, 0.3) is 0 Å². The van der Waals surface area contributed by atoms with Crippen LogP contribution < -0.4 is 10.1 Å². The summed E-state index contributed by atoms with van der Waals surface area (Å²) in [6, 6.07) is 2.22. The third-order valence-corrected chi connectivity index (χ3v) is 3.38. The molecule has 0 heterocycles. The Morgan fingerprint density at radius 2 is 1.89 bits per heavy atom. The Hall–Kier alpha value is -1.06. The first kappa shape index (κ1) is 15.0. The fourth-order valence-corrected chi connectivity index (χ4v) is 2.23. The molecule has 2 N–H and O–H groups in total. The lowest BCUT2D eigenvalue weighted by Crippen LogP contribution is -2.20. The maximum absolute atomic E-state index is 8.72. The molecule has 1 aromatic carbocycles. The Balaban J connectivity index is 2.72. The van der Waals surface area contributed by atoms with Gasteiger partial charge in [-0.2, -0.15) is 0 Å². The SMILES string of the molecule is COc1c(C)c(C)cc(C)c1CCNCCCO. The molecule has 0 aliphatic rings. The quantitative estimate of drug-likeness (QED) is 0.730. The lowest BCUT2D eigenvalue weighted by Gasteiger charge is -2.16. The molecule has 0 saturated carbocycles. The minimum absolute atomic E-state index is 0.249. The second kappa shape index (κ2) is 7.39. The van der Waals surface area contributed by atoms with E-state index in [1.807, 2.05) is 0 Å². The number of aryl methyl sites for hydroxylation is 2. The molecule has 0 fully saturated rings. The molecule has 1 rings (SSSR count). The maximum Gasteiger partial charge on any atom is 0.125 e. The van der Waals surface area contributed by atoms with Crippen LogP contribution in [0.4, 0.5) is 0 Å². The van der Waals surface area contributed by atoms with Gasteiger partial charge in [-0.05, 0) is 69.0 Å². The van der Waals surface area contributed by atoms with E-state index in [9.17, 15) is 0 Å². The van der Waals surface area contributed by atoms with Gasteiger partial charge in [0.05, 0.1) is 7.11 Å². The van der Waals surface area contributed by atoms with Crippen molar-refractivity contribution in [2.75, 3.05) is 26.8 Å². The second-order valence-electron chi connectivity index (χ2n) is 4.72. The molecular weight excluding hydrogens is 226 g/mol. The van der Waals surface area contributed by atoms with Crippen LogP contribution in [-0.2, 0) is 6.42 Å². The van der Waals surface area contributed by atoms with Gasteiger partial charge in [0.25, 0.3) is 0 Å². The first-order valence-electron chi connectivity index (χ1n) is 6.57. The fraction of sp³-hybridized carbons (Fsp3) is 0.600. The van der Waals surface area contributed by atoms with E-state index in [0.717, 1.165) is 31.7 Å². The van der Waals surface area contributed by atoms with E-state index in [2.05, 4.69) is 32.2 Å². The highest BCUT2D eigenvalue weighted by atomic mass is 16.5. The molecule has 0 unspecified atom stereocenters. The Morgan fingerprint density at radius 1 is 1.17 bits per heavy atom. The average Bonchev–Trinajstić information content (AvgIpc) is 2.35. The van der Waals surface area contributed by atoms with Crippen molar-refractivity contribution in [2.45, 2.75) is 33.6 Å². The Labute approximate surface area is 110 Å². The molecule has 0 aromatic heterocycles. The number of nitrogens with one attached hydrogen (secondary N) is 1. The van der Waals surface area contributed by atoms with Crippen LogP contribution in [-0.4, -0.2) is 31.9 Å². The van der Waals surface area contributed by atoms with Crippen molar-refractivity contribution in [3.63, 3.8) is 0 Å². The van der Waals surface area contributed by atoms with Gasteiger partial charge >= 0.3 is 0 Å². The molecule has 0 aliphatic carbocycles. The number of benzene rings is 1. The van der Waals surface area contributed by atoms with Gasteiger partial charge in [0.1, 0.15) is 5.75 Å². The molecule has 3 heteroatoms. The molecule has 102 valence electrons. The molecular formula is C15H25NO2. The van der Waals surface area contributed by atoms with Crippen molar-refractivity contribution in [2.24, 2.45) is 0 Å². The number of aliphatic hydroxyl groups excluding tert-OH is 1. The summed E-state index contributed by atoms with van der Waals surface area (Å²) in [5.41, 5.74) is 5.09. The first-order valence-corrected chi connectivity index (χ1v) is 6.57. The molecule has 0 bridgehead atoms. The Morgan fingerprint density at radius 3 is 2.50 bits per heavy atom. The van der Waals surface area contributed by atoms with Crippen molar-refractivity contribution in [1.29, 1.82) is 0 Å². The molecule has 3 nitrogen and oxygen atoms in total. The number of aliphatic hydroxyl groups is 1. The zero-order valence-corrected chi connectivity index (χ0v) is 12.0. The zero-order valence-electron chi connectivity index (χ0n) is 12.0. The largest absolute Gasteiger partial charge is 0.496 e. The van der Waals surface area contributed by atoms with E-state index >= 15 is 0 Å². The van der Waals surface area contributed by atoms with Crippen LogP contribution in [0, 0.1) is 20.8 Å². The monoisotopic (exact) mass is 251 g/mol. The van der Waals surface area contributed by atoms with Crippen molar-refractivity contribution >= 4 is 0 Å². The summed E-state index contributed by atoms with van der Waals surface area (Å²) in [7, 11) is 1.74. The van der Waals surface area contributed by atoms with E-state index in [1.165, 1.54) is 22.3 Å². The molecule has 0 radical (unpaired) electrons. The van der Waals surface area contributed by atoms with Crippen LogP contribution in [0.15, 0.2) is 6.07 Å². The summed E-state index contributed by atoms with van der Waals surface area (Å²) in [6.45, 7) is 8.39. The summed E-state index contributed by atoms with van der Waals surface area (Å²) < 4.78 is 5.55. The van der Waals surface area contributed by atoms with Crippen molar-refractivity contribution < 1.29 is 9.84 Å². The summed E-state index contributed by atoms with van der Waals surface area (Å²) in [5, 5.41) is 12.0. The third kappa shape index (κ3) is 3.72. The van der Waals surface area contributed by atoms with Gasteiger partial charge in [-0.3, -0.25) is 0 Å². The van der Waals surface area contributed by atoms with E-state index in [-0.39, 0.29) is 6.61 Å². The van der Waals surface area contributed by atoms with Gasteiger partial charge in [-0.25, -0.2) is 0 Å². The first-order chi connectivity index (χ1) is 8.61. The summed E-state index contributed by atoms with van der Waals surface area (Å²) in [6.07, 6.45) is 1.77. The fourth-order valence-electron chi connectivity index (χ4n) is 2.23. The molecule has 0 saturated heterocycles. The molecule has 0 atom stereocenters. The van der Waals surface area contributed by atoms with Crippen LogP contribution >= 0.6 is 0 Å².